The first-order valence-corrected chi connectivity index (χ1v) is 7.40. The second-order valence-electron chi connectivity index (χ2n) is 5.14. The fourth-order valence-electron chi connectivity index (χ4n) is 2.48. The van der Waals surface area contributed by atoms with E-state index in [0.717, 1.165) is 29.2 Å². The van der Waals surface area contributed by atoms with Gasteiger partial charge in [-0.1, -0.05) is 40.5 Å². The predicted molar refractivity (Wildman–Crippen MR) is 79.4 cm³/mol. The second kappa shape index (κ2) is 5.91. The minimum Gasteiger partial charge on any atom is -0.383 e. The molecule has 1 aromatic rings. The molecule has 1 N–H and O–H groups in total. The molecule has 2 rings (SSSR count). The summed E-state index contributed by atoms with van der Waals surface area (Å²) in [5.74, 6) is 0.674. The molecule has 1 aromatic carbocycles. The van der Waals surface area contributed by atoms with E-state index in [1.807, 2.05) is 6.07 Å². The van der Waals surface area contributed by atoms with Gasteiger partial charge in [0.05, 0.1) is 6.61 Å². The summed E-state index contributed by atoms with van der Waals surface area (Å²) < 4.78 is 6.06. The Bertz CT molecular complexity index is 426. The van der Waals surface area contributed by atoms with Gasteiger partial charge in [-0.3, -0.25) is 0 Å². The largest absolute Gasteiger partial charge is 0.383 e. The van der Waals surface area contributed by atoms with Gasteiger partial charge in [0.2, 0.25) is 0 Å². The molecule has 1 fully saturated rings. The molecule has 2 nitrogen and oxygen atoms in total. The van der Waals surface area contributed by atoms with Crippen molar-refractivity contribution in [3.05, 3.63) is 33.3 Å². The summed E-state index contributed by atoms with van der Waals surface area (Å²) in [4.78, 5) is 0. The molecule has 2 atom stereocenters. The molecule has 2 unspecified atom stereocenters. The van der Waals surface area contributed by atoms with Crippen LogP contribution < -0.4 is 5.32 Å². The lowest BCUT2D eigenvalue weighted by Crippen LogP contribution is -2.24. The van der Waals surface area contributed by atoms with Crippen LogP contribution in [0.1, 0.15) is 18.9 Å². The highest BCUT2D eigenvalue weighted by Crippen LogP contribution is 2.55. The Morgan fingerprint density at radius 1 is 1.56 bits per heavy atom. The molecule has 0 saturated heterocycles. The van der Waals surface area contributed by atoms with Crippen molar-refractivity contribution in [2.75, 3.05) is 26.8 Å². The lowest BCUT2D eigenvalue weighted by Gasteiger charge is -2.14. The van der Waals surface area contributed by atoms with Gasteiger partial charge in [0, 0.05) is 23.1 Å². The van der Waals surface area contributed by atoms with Gasteiger partial charge in [-0.05, 0) is 42.0 Å². The Kier molecular flexibility index (Phi) is 4.70. The van der Waals surface area contributed by atoms with Crippen LogP contribution in [0.3, 0.4) is 0 Å². The smallest absolute Gasteiger partial charge is 0.0587 e. The van der Waals surface area contributed by atoms with Crippen LogP contribution >= 0.6 is 27.5 Å². The highest BCUT2D eigenvalue weighted by atomic mass is 79.9. The van der Waals surface area contributed by atoms with Gasteiger partial charge < -0.3 is 10.1 Å². The van der Waals surface area contributed by atoms with Crippen LogP contribution in [0.5, 0.6) is 0 Å². The Labute approximate surface area is 122 Å². The monoisotopic (exact) mass is 331 g/mol. The number of halogens is 2. The quantitative estimate of drug-likeness (QED) is 0.803. The number of nitrogens with one attached hydrogen (secondary N) is 1. The van der Waals surface area contributed by atoms with Crippen molar-refractivity contribution in [1.29, 1.82) is 0 Å². The van der Waals surface area contributed by atoms with Crippen LogP contribution in [-0.2, 0) is 10.2 Å². The third-order valence-corrected chi connectivity index (χ3v) is 4.64. The van der Waals surface area contributed by atoms with Gasteiger partial charge >= 0.3 is 0 Å². The number of ether oxygens (including phenoxy) is 1. The topological polar surface area (TPSA) is 21.3 Å². The number of rotatable bonds is 6. The van der Waals surface area contributed by atoms with Crippen LogP contribution in [0.15, 0.2) is 22.7 Å². The summed E-state index contributed by atoms with van der Waals surface area (Å²) in [6.45, 7) is 5.01. The van der Waals surface area contributed by atoms with Gasteiger partial charge in [-0.15, -0.1) is 0 Å². The molecule has 0 spiro atoms. The molecule has 100 valence electrons. The minimum atomic E-state index is 0.234. The maximum atomic E-state index is 6.33. The Morgan fingerprint density at radius 3 is 3.00 bits per heavy atom. The van der Waals surface area contributed by atoms with E-state index in [2.05, 4.69) is 40.3 Å². The average molecular weight is 333 g/mol. The van der Waals surface area contributed by atoms with E-state index in [1.165, 1.54) is 12.0 Å². The number of methoxy groups -OCH3 is 1. The Balaban J connectivity index is 1.93. The number of hydrogen-bond donors (Lipinski definition) is 1. The second-order valence-corrected chi connectivity index (χ2v) is 6.46. The lowest BCUT2D eigenvalue weighted by atomic mass is 9.95. The summed E-state index contributed by atoms with van der Waals surface area (Å²) in [5, 5.41) is 4.29. The first-order chi connectivity index (χ1) is 8.58. The maximum absolute atomic E-state index is 6.33. The van der Waals surface area contributed by atoms with E-state index in [-0.39, 0.29) is 5.41 Å². The Hall–Kier alpha value is -0.0900. The first-order valence-electron chi connectivity index (χ1n) is 6.23. The fourth-order valence-corrected chi connectivity index (χ4v) is 3.37. The SMILES string of the molecule is COCCNCC1CC1(C)c1ccc(Br)cc1Cl. The molecule has 0 aliphatic heterocycles. The van der Waals surface area contributed by atoms with Gasteiger partial charge in [-0.25, -0.2) is 0 Å². The van der Waals surface area contributed by atoms with E-state index < -0.39 is 0 Å². The van der Waals surface area contributed by atoms with Crippen molar-refractivity contribution < 1.29 is 4.74 Å². The molecule has 0 aromatic heterocycles. The summed E-state index contributed by atoms with van der Waals surface area (Å²) in [6.07, 6.45) is 1.20. The van der Waals surface area contributed by atoms with E-state index in [0.29, 0.717) is 5.92 Å². The van der Waals surface area contributed by atoms with Crippen molar-refractivity contribution in [3.63, 3.8) is 0 Å². The third kappa shape index (κ3) is 3.08. The normalized spacial score (nSPS) is 26.3. The number of hydrogen-bond acceptors (Lipinski definition) is 2. The molecule has 0 heterocycles. The first kappa shape index (κ1) is 14.3. The van der Waals surface area contributed by atoms with Crippen LogP contribution in [0.4, 0.5) is 0 Å². The van der Waals surface area contributed by atoms with Gasteiger partial charge in [0.1, 0.15) is 0 Å². The summed E-state index contributed by atoms with van der Waals surface area (Å²) in [6, 6.07) is 6.19. The standard InChI is InChI=1S/C14H19BrClNO/c1-14(8-10(14)9-17-5-6-18-2)12-4-3-11(15)7-13(12)16/h3-4,7,10,17H,5-6,8-9H2,1-2H3. The highest BCUT2D eigenvalue weighted by Gasteiger charge is 2.51. The zero-order chi connectivity index (χ0) is 13.2. The van der Waals surface area contributed by atoms with Gasteiger partial charge in [0.25, 0.3) is 0 Å². The minimum absolute atomic E-state index is 0.234. The summed E-state index contributed by atoms with van der Waals surface area (Å²) in [5.41, 5.74) is 1.50. The van der Waals surface area contributed by atoms with Crippen LogP contribution in [0.25, 0.3) is 0 Å². The van der Waals surface area contributed by atoms with Gasteiger partial charge in [0.15, 0.2) is 0 Å². The molecule has 0 radical (unpaired) electrons. The van der Waals surface area contributed by atoms with E-state index in [9.17, 15) is 0 Å². The molecular formula is C14H19BrClNO. The molecule has 18 heavy (non-hydrogen) atoms. The third-order valence-electron chi connectivity index (χ3n) is 3.83. The van der Waals surface area contributed by atoms with E-state index in [4.69, 9.17) is 16.3 Å². The Morgan fingerprint density at radius 2 is 2.33 bits per heavy atom. The van der Waals surface area contributed by atoms with Crippen molar-refractivity contribution in [2.24, 2.45) is 5.92 Å². The predicted octanol–water partition coefficient (Wildman–Crippen LogP) is 3.62. The molecule has 1 saturated carbocycles. The maximum Gasteiger partial charge on any atom is 0.0587 e. The lowest BCUT2D eigenvalue weighted by molar-refractivity contribution is 0.199. The van der Waals surface area contributed by atoms with Crippen LogP contribution in [-0.4, -0.2) is 26.8 Å². The van der Waals surface area contributed by atoms with E-state index >= 15 is 0 Å². The zero-order valence-electron chi connectivity index (χ0n) is 10.8. The van der Waals surface area contributed by atoms with Crippen LogP contribution in [0.2, 0.25) is 5.02 Å². The van der Waals surface area contributed by atoms with Crippen molar-refractivity contribution in [2.45, 2.75) is 18.8 Å². The van der Waals surface area contributed by atoms with Crippen molar-refractivity contribution in [3.8, 4) is 0 Å². The summed E-state index contributed by atoms with van der Waals surface area (Å²) in [7, 11) is 1.73. The molecule has 0 bridgehead atoms. The molecule has 0 amide bonds. The summed E-state index contributed by atoms with van der Waals surface area (Å²) >= 11 is 9.78. The molecule has 1 aliphatic carbocycles. The average Bonchev–Trinajstić information content (AvgIpc) is 2.96. The van der Waals surface area contributed by atoms with Gasteiger partial charge in [-0.2, -0.15) is 0 Å². The number of benzene rings is 1. The molecule has 1 aliphatic rings. The van der Waals surface area contributed by atoms with Crippen LogP contribution in [0, 0.1) is 5.92 Å². The molecular weight excluding hydrogens is 314 g/mol. The molecule has 4 heteroatoms. The van der Waals surface area contributed by atoms with E-state index in [1.54, 1.807) is 7.11 Å². The van der Waals surface area contributed by atoms with Crippen molar-refractivity contribution in [1.82, 2.24) is 5.32 Å². The fraction of sp³-hybridized carbons (Fsp3) is 0.571. The zero-order valence-corrected chi connectivity index (χ0v) is 13.1. The highest BCUT2D eigenvalue weighted by molar-refractivity contribution is 9.10. The van der Waals surface area contributed by atoms with Crippen molar-refractivity contribution >= 4 is 27.5 Å².